The highest BCUT2D eigenvalue weighted by Crippen LogP contribution is 2.33. The topological polar surface area (TPSA) is 55.2 Å². The van der Waals surface area contributed by atoms with Gasteiger partial charge in [-0.05, 0) is 55.4 Å². The van der Waals surface area contributed by atoms with Crippen LogP contribution in [0.15, 0.2) is 35.5 Å². The molecule has 0 radical (unpaired) electrons. The SMILES string of the molecule is C#CCN1C(=O)S/C(=C\c2cc(C)n(-c3cccnc3)c2C)C1=O. The maximum absolute atomic E-state index is 12.3. The van der Waals surface area contributed by atoms with E-state index in [1.54, 1.807) is 18.5 Å². The molecule has 2 aromatic heterocycles. The van der Waals surface area contributed by atoms with Crippen molar-refractivity contribution in [3.8, 4) is 18.0 Å². The van der Waals surface area contributed by atoms with Crippen LogP contribution in [0.1, 0.15) is 17.0 Å². The van der Waals surface area contributed by atoms with E-state index in [0.29, 0.717) is 4.91 Å². The molecule has 3 rings (SSSR count). The van der Waals surface area contributed by atoms with Crippen molar-refractivity contribution < 1.29 is 9.59 Å². The van der Waals surface area contributed by atoms with E-state index in [1.165, 1.54) is 0 Å². The van der Waals surface area contributed by atoms with Gasteiger partial charge in [0.2, 0.25) is 0 Å². The van der Waals surface area contributed by atoms with Crippen LogP contribution in [0.5, 0.6) is 0 Å². The van der Waals surface area contributed by atoms with Crippen LogP contribution in [0.2, 0.25) is 0 Å². The molecule has 5 nitrogen and oxygen atoms in total. The Bertz CT molecular complexity index is 891. The van der Waals surface area contributed by atoms with E-state index in [1.807, 2.05) is 32.0 Å². The van der Waals surface area contributed by atoms with Gasteiger partial charge in [0, 0.05) is 17.6 Å². The molecule has 0 unspecified atom stereocenters. The number of hydrogen-bond acceptors (Lipinski definition) is 4. The smallest absolute Gasteiger partial charge is 0.294 e. The van der Waals surface area contributed by atoms with E-state index in [9.17, 15) is 9.59 Å². The molecular formula is C18H15N3O2S. The first-order chi connectivity index (χ1) is 11.5. The van der Waals surface area contributed by atoms with Crippen LogP contribution < -0.4 is 0 Å². The van der Waals surface area contributed by atoms with Crippen molar-refractivity contribution in [3.63, 3.8) is 0 Å². The third-order valence-corrected chi connectivity index (χ3v) is 4.69. The van der Waals surface area contributed by atoms with E-state index in [2.05, 4.69) is 15.5 Å². The van der Waals surface area contributed by atoms with Crippen LogP contribution in [0.25, 0.3) is 11.8 Å². The third-order valence-electron chi connectivity index (χ3n) is 3.78. The summed E-state index contributed by atoms with van der Waals surface area (Å²) in [5.41, 5.74) is 3.84. The molecule has 1 aliphatic rings. The number of hydrogen-bond donors (Lipinski definition) is 0. The summed E-state index contributed by atoms with van der Waals surface area (Å²) in [6, 6.07) is 5.83. The standard InChI is InChI=1S/C18H15N3O2S/c1-4-8-20-17(22)16(24-18(20)23)10-14-9-12(2)21(13(14)3)15-6-5-7-19-11-15/h1,5-7,9-11H,8H2,2-3H3/b16-10-. The summed E-state index contributed by atoms with van der Waals surface area (Å²) in [6.45, 7) is 3.95. The van der Waals surface area contributed by atoms with Gasteiger partial charge in [0.15, 0.2) is 0 Å². The summed E-state index contributed by atoms with van der Waals surface area (Å²) in [5.74, 6) is 1.99. The molecule has 1 saturated heterocycles. The fraction of sp³-hybridized carbons (Fsp3) is 0.167. The largest absolute Gasteiger partial charge is 0.316 e. The van der Waals surface area contributed by atoms with Crippen molar-refractivity contribution in [1.29, 1.82) is 0 Å². The zero-order valence-electron chi connectivity index (χ0n) is 13.3. The highest BCUT2D eigenvalue weighted by molar-refractivity contribution is 8.18. The molecule has 6 heteroatoms. The monoisotopic (exact) mass is 337 g/mol. The lowest BCUT2D eigenvalue weighted by Crippen LogP contribution is -2.28. The Morgan fingerprint density at radius 2 is 2.17 bits per heavy atom. The average Bonchev–Trinajstić information content (AvgIpc) is 2.99. The first-order valence-corrected chi connectivity index (χ1v) is 8.12. The zero-order chi connectivity index (χ0) is 17.3. The highest BCUT2D eigenvalue weighted by atomic mass is 32.2. The number of terminal acetylenes is 1. The van der Waals surface area contributed by atoms with Crippen LogP contribution in [-0.4, -0.2) is 32.1 Å². The van der Waals surface area contributed by atoms with E-state index >= 15 is 0 Å². The Morgan fingerprint density at radius 3 is 2.83 bits per heavy atom. The molecule has 0 atom stereocenters. The molecule has 1 aliphatic heterocycles. The Kier molecular flexibility index (Phi) is 4.28. The molecule has 0 saturated carbocycles. The number of thioether (sulfide) groups is 1. The molecule has 2 aromatic rings. The molecule has 0 bridgehead atoms. The molecule has 120 valence electrons. The van der Waals surface area contributed by atoms with Crippen LogP contribution >= 0.6 is 11.8 Å². The number of carbonyl (C=O) groups excluding carboxylic acids is 2. The van der Waals surface area contributed by atoms with Gasteiger partial charge < -0.3 is 4.57 Å². The Labute approximate surface area is 144 Å². The molecule has 0 N–H and O–H groups in total. The molecule has 3 heterocycles. The van der Waals surface area contributed by atoms with Gasteiger partial charge in [-0.2, -0.15) is 0 Å². The van der Waals surface area contributed by atoms with Crippen molar-refractivity contribution in [2.75, 3.05) is 6.54 Å². The van der Waals surface area contributed by atoms with Crippen molar-refractivity contribution >= 4 is 29.0 Å². The van der Waals surface area contributed by atoms with Gasteiger partial charge in [-0.25, -0.2) is 0 Å². The lowest BCUT2D eigenvalue weighted by Gasteiger charge is -2.08. The number of imide groups is 1. The number of amides is 2. The fourth-order valence-electron chi connectivity index (χ4n) is 2.69. The molecule has 1 fully saturated rings. The summed E-state index contributed by atoms with van der Waals surface area (Å²) in [6.07, 6.45) is 10.5. The minimum Gasteiger partial charge on any atom is -0.316 e. The van der Waals surface area contributed by atoms with E-state index in [0.717, 1.165) is 39.3 Å². The Morgan fingerprint density at radius 1 is 1.38 bits per heavy atom. The van der Waals surface area contributed by atoms with Gasteiger partial charge in [-0.3, -0.25) is 19.5 Å². The average molecular weight is 337 g/mol. The molecule has 0 spiro atoms. The summed E-state index contributed by atoms with van der Waals surface area (Å²) in [5, 5.41) is -0.328. The fourth-order valence-corrected chi connectivity index (χ4v) is 3.52. The molecule has 24 heavy (non-hydrogen) atoms. The predicted molar refractivity (Wildman–Crippen MR) is 94.5 cm³/mol. The number of pyridine rings is 1. The van der Waals surface area contributed by atoms with Crippen LogP contribution in [0.4, 0.5) is 4.79 Å². The first-order valence-electron chi connectivity index (χ1n) is 7.31. The number of aryl methyl sites for hydroxylation is 1. The zero-order valence-corrected chi connectivity index (χ0v) is 14.1. The molecule has 0 aliphatic carbocycles. The summed E-state index contributed by atoms with van der Waals surface area (Å²) < 4.78 is 2.06. The maximum atomic E-state index is 12.3. The minimum absolute atomic E-state index is 0.00326. The van der Waals surface area contributed by atoms with Gasteiger partial charge in [-0.15, -0.1) is 6.42 Å². The molecule has 0 aromatic carbocycles. The summed E-state index contributed by atoms with van der Waals surface area (Å²) in [4.78, 5) is 29.8. The van der Waals surface area contributed by atoms with Crippen molar-refractivity contribution in [2.24, 2.45) is 0 Å². The summed E-state index contributed by atoms with van der Waals surface area (Å²) in [7, 11) is 0. The quantitative estimate of drug-likeness (QED) is 0.638. The summed E-state index contributed by atoms with van der Waals surface area (Å²) >= 11 is 0.918. The number of rotatable bonds is 3. The van der Waals surface area contributed by atoms with E-state index in [4.69, 9.17) is 6.42 Å². The second kappa shape index (κ2) is 6.38. The van der Waals surface area contributed by atoms with Crippen molar-refractivity contribution in [2.45, 2.75) is 13.8 Å². The predicted octanol–water partition coefficient (Wildman–Crippen LogP) is 3.16. The van der Waals surface area contributed by atoms with Crippen molar-refractivity contribution in [1.82, 2.24) is 14.5 Å². The molecular weight excluding hydrogens is 322 g/mol. The van der Waals surface area contributed by atoms with Crippen LogP contribution in [0, 0.1) is 26.2 Å². The van der Waals surface area contributed by atoms with E-state index in [-0.39, 0.29) is 17.7 Å². The lowest BCUT2D eigenvalue weighted by molar-refractivity contribution is -0.122. The van der Waals surface area contributed by atoms with Crippen molar-refractivity contribution in [3.05, 3.63) is 52.4 Å². The Balaban J connectivity index is 1.99. The molecule has 2 amide bonds. The Hall–Kier alpha value is -2.78. The minimum atomic E-state index is -0.339. The normalized spacial score (nSPS) is 16.0. The van der Waals surface area contributed by atoms with E-state index < -0.39 is 0 Å². The van der Waals surface area contributed by atoms with Gasteiger partial charge in [0.05, 0.1) is 23.3 Å². The van der Waals surface area contributed by atoms with Gasteiger partial charge >= 0.3 is 0 Å². The number of aromatic nitrogens is 2. The highest BCUT2D eigenvalue weighted by Gasteiger charge is 2.34. The first kappa shape index (κ1) is 16.1. The van der Waals surface area contributed by atoms with Crippen LogP contribution in [0.3, 0.4) is 0 Å². The van der Waals surface area contributed by atoms with Gasteiger partial charge in [0.1, 0.15) is 0 Å². The second-order valence-corrected chi connectivity index (χ2v) is 6.34. The lowest BCUT2D eigenvalue weighted by atomic mass is 10.2. The third kappa shape index (κ3) is 2.74. The maximum Gasteiger partial charge on any atom is 0.294 e. The number of carbonyl (C=O) groups is 2. The second-order valence-electron chi connectivity index (χ2n) is 5.35. The number of nitrogens with zero attached hydrogens (tertiary/aromatic N) is 3. The van der Waals surface area contributed by atoms with Gasteiger partial charge in [-0.1, -0.05) is 5.92 Å². The van der Waals surface area contributed by atoms with Gasteiger partial charge in [0.25, 0.3) is 11.1 Å². The van der Waals surface area contributed by atoms with Crippen LogP contribution in [-0.2, 0) is 4.79 Å².